The Hall–Kier alpha value is -3.07. The highest BCUT2D eigenvalue weighted by Crippen LogP contribution is 2.36. The number of hydrazone groups is 1. The zero-order chi connectivity index (χ0) is 22.8. The van der Waals surface area contributed by atoms with Gasteiger partial charge in [-0.05, 0) is 44.9 Å². The second-order valence-electron chi connectivity index (χ2n) is 8.77. The Labute approximate surface area is 198 Å². The first-order valence-corrected chi connectivity index (χ1v) is 12.3. The second-order valence-corrected chi connectivity index (χ2v) is 9.87. The number of aromatic nitrogens is 3. The molecule has 0 aromatic carbocycles. The van der Waals surface area contributed by atoms with Crippen molar-refractivity contribution in [3.63, 3.8) is 0 Å². The molecule has 1 fully saturated rings. The lowest BCUT2D eigenvalue weighted by Crippen LogP contribution is -2.28. The van der Waals surface area contributed by atoms with Gasteiger partial charge in [-0.2, -0.15) is 5.10 Å². The summed E-state index contributed by atoms with van der Waals surface area (Å²) >= 11 is 1.80. The topological polar surface area (TPSA) is 87.6 Å². The van der Waals surface area contributed by atoms with E-state index in [0.717, 1.165) is 34.0 Å². The minimum absolute atomic E-state index is 0.0505. The van der Waals surface area contributed by atoms with E-state index in [4.69, 9.17) is 14.8 Å². The molecular formula is C24H29N7OS. The van der Waals surface area contributed by atoms with Gasteiger partial charge in [-0.3, -0.25) is 15.0 Å². The zero-order valence-corrected chi connectivity index (χ0v) is 20.0. The lowest BCUT2D eigenvalue weighted by atomic mass is 10.1. The summed E-state index contributed by atoms with van der Waals surface area (Å²) in [5.41, 5.74) is 3.39. The van der Waals surface area contributed by atoms with Crippen LogP contribution in [0.25, 0.3) is 11.0 Å². The van der Waals surface area contributed by atoms with Crippen LogP contribution < -0.4 is 15.4 Å². The third-order valence-corrected chi connectivity index (χ3v) is 7.02. The average molecular weight is 464 g/mol. The van der Waals surface area contributed by atoms with E-state index in [2.05, 4.69) is 20.6 Å². The van der Waals surface area contributed by atoms with E-state index in [9.17, 15) is 0 Å². The molecule has 9 heteroatoms. The van der Waals surface area contributed by atoms with Crippen LogP contribution in [0.2, 0.25) is 0 Å². The Morgan fingerprint density at radius 1 is 1.06 bits per heavy atom. The summed E-state index contributed by atoms with van der Waals surface area (Å²) < 4.78 is 5.74. The number of ether oxygens (including phenoxy) is 1. The predicted octanol–water partition coefficient (Wildman–Crippen LogP) is 5.43. The number of pyridine rings is 3. The van der Waals surface area contributed by atoms with Crippen molar-refractivity contribution < 1.29 is 4.74 Å². The molecule has 5 rings (SSSR count). The van der Waals surface area contributed by atoms with E-state index in [1.165, 1.54) is 30.7 Å². The van der Waals surface area contributed by atoms with Crippen molar-refractivity contribution in [2.24, 2.45) is 11.0 Å². The highest BCUT2D eigenvalue weighted by molar-refractivity contribution is 8.14. The number of nitrogens with zero attached hydrogens (tertiary/aromatic N) is 5. The first kappa shape index (κ1) is 21.8. The number of anilines is 3. The van der Waals surface area contributed by atoms with Gasteiger partial charge < -0.3 is 15.4 Å². The fourth-order valence-corrected chi connectivity index (χ4v) is 5.38. The summed E-state index contributed by atoms with van der Waals surface area (Å²) in [6, 6.07) is 7.89. The van der Waals surface area contributed by atoms with E-state index in [1.807, 2.05) is 50.2 Å². The molecule has 1 aliphatic heterocycles. The predicted molar refractivity (Wildman–Crippen MR) is 135 cm³/mol. The number of thioether (sulfide) groups is 1. The van der Waals surface area contributed by atoms with Crippen molar-refractivity contribution in [3.05, 3.63) is 42.9 Å². The monoisotopic (exact) mass is 463 g/mol. The third-order valence-electron chi connectivity index (χ3n) is 5.71. The molecule has 172 valence electrons. The van der Waals surface area contributed by atoms with E-state index >= 15 is 0 Å². The zero-order valence-electron chi connectivity index (χ0n) is 19.2. The van der Waals surface area contributed by atoms with Crippen LogP contribution in [0.3, 0.4) is 0 Å². The van der Waals surface area contributed by atoms with Crippen LogP contribution in [-0.2, 0) is 0 Å². The van der Waals surface area contributed by atoms with E-state index in [0.29, 0.717) is 5.92 Å². The van der Waals surface area contributed by atoms with Gasteiger partial charge >= 0.3 is 0 Å². The quantitative estimate of drug-likeness (QED) is 0.479. The molecule has 1 aliphatic carbocycles. The van der Waals surface area contributed by atoms with Gasteiger partial charge in [-0.25, -0.2) is 4.98 Å². The number of fused-ring (bicyclic) bond motifs is 1. The molecule has 4 heterocycles. The van der Waals surface area contributed by atoms with E-state index in [1.54, 1.807) is 30.4 Å². The Balaban J connectivity index is 1.29. The lowest BCUT2D eigenvalue weighted by Gasteiger charge is -2.20. The largest absolute Gasteiger partial charge is 0.489 e. The molecule has 0 bridgehead atoms. The molecule has 1 unspecified atom stereocenters. The highest BCUT2D eigenvalue weighted by atomic mass is 32.2. The highest BCUT2D eigenvalue weighted by Gasteiger charge is 2.31. The van der Waals surface area contributed by atoms with Gasteiger partial charge in [0, 0.05) is 19.0 Å². The van der Waals surface area contributed by atoms with Gasteiger partial charge in [-0.15, -0.1) is 0 Å². The van der Waals surface area contributed by atoms with Crippen LogP contribution in [0.1, 0.15) is 39.5 Å². The molecule has 3 aromatic heterocycles. The SMILES string of the molecule is CC(C)Oc1cncc(Nc2cnc3ccc(NC4SC(C5CCCC5)=NN4C)nc3c2)c1. The first-order chi connectivity index (χ1) is 16.0. The molecule has 0 radical (unpaired) electrons. The standard InChI is InChI=1S/C24H29N7OS/c1-15(2)32-19-10-17(12-25-14-19)27-18-11-21-20(26-13-18)8-9-22(28-21)29-24-31(3)30-23(33-24)16-6-4-5-7-16/h8-16,24,27H,4-7H2,1-3H3,(H,28,29). The Morgan fingerprint density at radius 2 is 1.88 bits per heavy atom. The molecule has 8 nitrogen and oxygen atoms in total. The summed E-state index contributed by atoms with van der Waals surface area (Å²) in [5.74, 6) is 2.15. The summed E-state index contributed by atoms with van der Waals surface area (Å²) in [6.45, 7) is 3.99. The molecular weight excluding hydrogens is 434 g/mol. The minimum Gasteiger partial charge on any atom is -0.489 e. The van der Waals surface area contributed by atoms with E-state index < -0.39 is 0 Å². The van der Waals surface area contributed by atoms with Crippen molar-refractivity contribution in [1.82, 2.24) is 20.0 Å². The molecule has 1 atom stereocenters. The van der Waals surface area contributed by atoms with Crippen LogP contribution in [-0.4, -0.2) is 43.7 Å². The Kier molecular flexibility index (Phi) is 6.22. The van der Waals surface area contributed by atoms with Gasteiger partial charge in [0.25, 0.3) is 0 Å². The second kappa shape index (κ2) is 9.43. The van der Waals surface area contributed by atoms with Crippen LogP contribution in [0.4, 0.5) is 17.2 Å². The first-order valence-electron chi connectivity index (χ1n) is 11.4. The summed E-state index contributed by atoms with van der Waals surface area (Å²) in [6.07, 6.45) is 10.5. The molecule has 2 aliphatic rings. The van der Waals surface area contributed by atoms with Crippen molar-refractivity contribution in [2.75, 3.05) is 17.7 Å². The molecule has 33 heavy (non-hydrogen) atoms. The number of hydrogen-bond donors (Lipinski definition) is 2. The van der Waals surface area contributed by atoms with Crippen molar-refractivity contribution in [2.45, 2.75) is 51.1 Å². The molecule has 0 saturated heterocycles. The summed E-state index contributed by atoms with van der Waals surface area (Å²) in [7, 11) is 2.02. The van der Waals surface area contributed by atoms with Gasteiger partial charge in [-0.1, -0.05) is 24.6 Å². The number of hydrogen-bond acceptors (Lipinski definition) is 9. The van der Waals surface area contributed by atoms with Crippen LogP contribution >= 0.6 is 11.8 Å². The maximum atomic E-state index is 5.74. The molecule has 1 saturated carbocycles. The van der Waals surface area contributed by atoms with Crippen molar-refractivity contribution >= 4 is 45.0 Å². The van der Waals surface area contributed by atoms with Crippen LogP contribution in [0.5, 0.6) is 5.75 Å². The normalized spacial score (nSPS) is 18.7. The third kappa shape index (κ3) is 5.13. The Morgan fingerprint density at radius 3 is 2.70 bits per heavy atom. The number of nitrogens with one attached hydrogen (secondary N) is 2. The smallest absolute Gasteiger partial charge is 0.170 e. The molecule has 0 amide bonds. The van der Waals surface area contributed by atoms with Crippen LogP contribution in [0, 0.1) is 5.92 Å². The average Bonchev–Trinajstić information content (AvgIpc) is 3.44. The van der Waals surface area contributed by atoms with Gasteiger partial charge in [0.15, 0.2) is 5.50 Å². The lowest BCUT2D eigenvalue weighted by molar-refractivity contribution is 0.241. The Bertz CT molecular complexity index is 1160. The molecule has 2 N–H and O–H groups in total. The maximum Gasteiger partial charge on any atom is 0.170 e. The number of rotatable bonds is 7. The van der Waals surface area contributed by atoms with Gasteiger partial charge in [0.05, 0.1) is 47.1 Å². The fraction of sp³-hybridized carbons (Fsp3) is 0.417. The minimum atomic E-state index is 0.0505. The van der Waals surface area contributed by atoms with E-state index in [-0.39, 0.29) is 11.6 Å². The summed E-state index contributed by atoms with van der Waals surface area (Å²) in [4.78, 5) is 13.6. The fourth-order valence-electron chi connectivity index (χ4n) is 4.17. The van der Waals surface area contributed by atoms with Crippen molar-refractivity contribution in [1.29, 1.82) is 0 Å². The van der Waals surface area contributed by atoms with Crippen LogP contribution in [0.15, 0.2) is 48.0 Å². The summed E-state index contributed by atoms with van der Waals surface area (Å²) in [5, 5.41) is 14.9. The molecule has 0 spiro atoms. The van der Waals surface area contributed by atoms with Gasteiger partial charge in [0.2, 0.25) is 0 Å². The van der Waals surface area contributed by atoms with Gasteiger partial charge in [0.1, 0.15) is 16.6 Å². The van der Waals surface area contributed by atoms with Crippen molar-refractivity contribution in [3.8, 4) is 5.75 Å². The maximum absolute atomic E-state index is 5.74. The molecule has 3 aromatic rings.